The predicted molar refractivity (Wildman–Crippen MR) is 198 cm³/mol. The van der Waals surface area contributed by atoms with Crippen LogP contribution in [0.3, 0.4) is 0 Å². The van der Waals surface area contributed by atoms with Crippen molar-refractivity contribution in [1.82, 2.24) is 9.88 Å². The number of allylic oxidation sites excluding steroid dienone is 12. The largest absolute Gasteiger partial charge is 0.356 e. The van der Waals surface area contributed by atoms with Crippen molar-refractivity contribution >= 4 is 12.2 Å². The van der Waals surface area contributed by atoms with Crippen molar-refractivity contribution in [3.05, 3.63) is 102 Å². The van der Waals surface area contributed by atoms with E-state index in [9.17, 15) is 0 Å². The van der Waals surface area contributed by atoms with Crippen molar-refractivity contribution in [3.8, 4) is 0 Å². The van der Waals surface area contributed by atoms with Gasteiger partial charge in [0.05, 0.1) is 0 Å². The first-order chi connectivity index (χ1) is 21.0. The summed E-state index contributed by atoms with van der Waals surface area (Å²) in [7, 11) is 2.26. The summed E-state index contributed by atoms with van der Waals surface area (Å²) < 4.78 is 2.44. The van der Waals surface area contributed by atoms with Gasteiger partial charge in [-0.25, -0.2) is 0 Å². The maximum Gasteiger partial charge on any atom is 0.0464 e. The fourth-order valence-electron chi connectivity index (χ4n) is 7.44. The van der Waals surface area contributed by atoms with E-state index in [1.54, 1.807) is 0 Å². The Hall–Kier alpha value is -3.00. The number of rotatable bonds is 9. The van der Waals surface area contributed by atoms with E-state index in [0.29, 0.717) is 0 Å². The minimum absolute atomic E-state index is 0.949. The van der Waals surface area contributed by atoms with E-state index in [-0.39, 0.29) is 0 Å². The summed E-state index contributed by atoms with van der Waals surface area (Å²) in [5.74, 6) is 0. The van der Waals surface area contributed by atoms with Crippen molar-refractivity contribution in [1.29, 1.82) is 0 Å². The lowest BCUT2D eigenvalue weighted by Gasteiger charge is -2.19. The molecule has 0 radical (unpaired) electrons. The Morgan fingerprint density at radius 3 is 1.50 bits per heavy atom. The van der Waals surface area contributed by atoms with Crippen LogP contribution in [0.15, 0.2) is 80.3 Å². The summed E-state index contributed by atoms with van der Waals surface area (Å²) in [6, 6.07) is 0. The highest BCUT2D eigenvalue weighted by Crippen LogP contribution is 2.31. The number of nitrogens with one attached hydrogen (secondary N) is 1. The van der Waals surface area contributed by atoms with Gasteiger partial charge in [-0.1, -0.05) is 74.5 Å². The predicted octanol–water partition coefficient (Wildman–Crippen LogP) is 10.8. The third-order valence-electron chi connectivity index (χ3n) is 9.57. The van der Waals surface area contributed by atoms with Crippen LogP contribution in [0, 0.1) is 0 Å². The molecule has 2 bridgehead atoms. The van der Waals surface area contributed by atoms with Crippen LogP contribution in [0.1, 0.15) is 139 Å². The quantitative estimate of drug-likeness (QED) is 0.300. The van der Waals surface area contributed by atoms with Crippen LogP contribution in [-0.2, 0) is 19.9 Å². The minimum Gasteiger partial charge on any atom is -0.356 e. The number of hydrogen-bond acceptors (Lipinski definition) is 1. The molecule has 0 atom stereocenters. The average Bonchev–Trinajstić information content (AvgIpc) is 3.24. The highest BCUT2D eigenvalue weighted by atomic mass is 14.9. The van der Waals surface area contributed by atoms with Crippen molar-refractivity contribution in [2.45, 2.75) is 141 Å². The molecule has 1 aliphatic rings. The standard InChI is InChI=1S/C42H64N2/c1-15-23-33(16-2)40-27-42-39(22-8)38(21-7)41(44(42)14)26-31(12)37(20-6)35(18-4)29(10)24-28(9)34(17-3)36(19-5)30(11)25-32(13)43-40/h24-27,43H,13,15-23H2,1-12,14H3/b28-24+,30-25+,35-29+,36-34-,37-31+,40-33-,41-26-,42-27-. The molecule has 1 aliphatic heterocycles. The van der Waals surface area contributed by atoms with Crippen LogP contribution in [0.2, 0.25) is 0 Å². The van der Waals surface area contributed by atoms with Crippen LogP contribution in [0.25, 0.3) is 12.2 Å². The molecule has 0 amide bonds. The normalized spacial score (nSPS) is 25.9. The second-order valence-corrected chi connectivity index (χ2v) is 12.4. The highest BCUT2D eigenvalue weighted by molar-refractivity contribution is 5.59. The van der Waals surface area contributed by atoms with Gasteiger partial charge in [-0.2, -0.15) is 0 Å². The van der Waals surface area contributed by atoms with E-state index in [2.05, 4.69) is 131 Å². The van der Waals surface area contributed by atoms with Gasteiger partial charge in [-0.3, -0.25) is 0 Å². The van der Waals surface area contributed by atoms with E-state index < -0.39 is 0 Å². The van der Waals surface area contributed by atoms with E-state index in [1.807, 2.05) is 0 Å². The van der Waals surface area contributed by atoms with Crippen molar-refractivity contribution in [3.63, 3.8) is 0 Å². The maximum absolute atomic E-state index is 4.53. The third-order valence-corrected chi connectivity index (χ3v) is 9.57. The molecule has 2 rings (SSSR count). The maximum atomic E-state index is 4.53. The Kier molecular flexibility index (Phi) is 14.8. The first kappa shape index (κ1) is 37.2. The molecule has 1 N–H and O–H groups in total. The Labute approximate surface area is 271 Å². The molecule has 1 aromatic heterocycles. The van der Waals surface area contributed by atoms with E-state index >= 15 is 0 Å². The fourth-order valence-corrected chi connectivity index (χ4v) is 7.44. The molecule has 0 fully saturated rings. The molecule has 2 heterocycles. The van der Waals surface area contributed by atoms with Crippen LogP contribution < -0.4 is 16.0 Å². The number of aromatic nitrogens is 1. The highest BCUT2D eigenvalue weighted by Gasteiger charge is 2.15. The van der Waals surface area contributed by atoms with Crippen LogP contribution in [-0.4, -0.2) is 4.57 Å². The summed E-state index contributed by atoms with van der Waals surface area (Å²) in [6.45, 7) is 32.1. The molecule has 0 aliphatic carbocycles. The lowest BCUT2D eigenvalue weighted by atomic mass is 9.88. The van der Waals surface area contributed by atoms with Gasteiger partial charge in [0.1, 0.15) is 0 Å². The molecule has 2 nitrogen and oxygen atoms in total. The Morgan fingerprint density at radius 2 is 1.07 bits per heavy atom. The van der Waals surface area contributed by atoms with Crippen molar-refractivity contribution < 1.29 is 0 Å². The first-order valence-electron chi connectivity index (χ1n) is 17.5. The van der Waals surface area contributed by atoms with E-state index in [4.69, 9.17) is 0 Å². The van der Waals surface area contributed by atoms with E-state index in [0.717, 1.165) is 63.5 Å². The number of fused-ring (bicyclic) bond motifs is 2. The average molecular weight is 597 g/mol. The first-order valence-corrected chi connectivity index (χ1v) is 17.5. The second-order valence-electron chi connectivity index (χ2n) is 12.4. The zero-order valence-corrected chi connectivity index (χ0v) is 30.8. The lowest BCUT2D eigenvalue weighted by molar-refractivity contribution is 0.822. The summed E-state index contributed by atoms with van der Waals surface area (Å²) >= 11 is 0. The van der Waals surface area contributed by atoms with Gasteiger partial charge in [-0.15, -0.1) is 0 Å². The van der Waals surface area contributed by atoms with Crippen molar-refractivity contribution in [2.75, 3.05) is 0 Å². The van der Waals surface area contributed by atoms with Gasteiger partial charge in [0, 0.05) is 29.1 Å². The lowest BCUT2D eigenvalue weighted by Crippen LogP contribution is -2.27. The molecule has 0 unspecified atom stereocenters. The second kappa shape index (κ2) is 17.5. The summed E-state index contributed by atoms with van der Waals surface area (Å²) in [5.41, 5.74) is 17.8. The van der Waals surface area contributed by atoms with Gasteiger partial charge in [-0.05, 0) is 159 Å². The molecular weight excluding hydrogens is 532 g/mol. The fraction of sp³-hybridized carbons (Fsp3) is 0.524. The van der Waals surface area contributed by atoms with Gasteiger partial charge in [0.15, 0.2) is 0 Å². The van der Waals surface area contributed by atoms with Gasteiger partial charge >= 0.3 is 0 Å². The number of nitrogens with zero attached hydrogens (tertiary/aromatic N) is 1. The molecule has 2 heteroatoms. The third kappa shape index (κ3) is 8.38. The molecule has 0 aromatic carbocycles. The van der Waals surface area contributed by atoms with Crippen LogP contribution in [0.4, 0.5) is 0 Å². The smallest absolute Gasteiger partial charge is 0.0464 e. The topological polar surface area (TPSA) is 17.0 Å². The molecule has 0 spiro atoms. The summed E-state index contributed by atoms with van der Waals surface area (Å²) in [6.07, 6.45) is 18.9. The molecule has 242 valence electrons. The van der Waals surface area contributed by atoms with Gasteiger partial charge < -0.3 is 9.88 Å². The monoisotopic (exact) mass is 597 g/mol. The zero-order valence-electron chi connectivity index (χ0n) is 30.8. The molecular formula is C42H64N2. The summed E-state index contributed by atoms with van der Waals surface area (Å²) in [4.78, 5) is 0. The van der Waals surface area contributed by atoms with Crippen LogP contribution in [0.5, 0.6) is 0 Å². The van der Waals surface area contributed by atoms with E-state index in [1.165, 1.54) is 77.7 Å². The molecule has 44 heavy (non-hydrogen) atoms. The SMILES string of the molecule is C=C1/C=C(C)/C(CC)=C(CC)\C(C)=C\C(C)=C(CC)\C(CC)=C(C)\C=c2\c(CC)c(CC)/c(n2C)=C/C(=C(\CC)CCC)N1. The Balaban J connectivity index is 3.28. The van der Waals surface area contributed by atoms with Crippen LogP contribution >= 0.6 is 0 Å². The van der Waals surface area contributed by atoms with Gasteiger partial charge in [0.2, 0.25) is 0 Å². The molecule has 1 aromatic rings. The zero-order chi connectivity index (χ0) is 33.1. The molecule has 0 saturated carbocycles. The van der Waals surface area contributed by atoms with Gasteiger partial charge in [0.25, 0.3) is 0 Å². The number of hydrogen-bond donors (Lipinski definition) is 1. The van der Waals surface area contributed by atoms with Crippen molar-refractivity contribution in [2.24, 2.45) is 7.05 Å². The molecule has 0 saturated heterocycles. The Morgan fingerprint density at radius 1 is 0.614 bits per heavy atom. The minimum atomic E-state index is 0.949. The summed E-state index contributed by atoms with van der Waals surface area (Å²) in [5, 5.41) is 6.46. The Bertz CT molecular complexity index is 1520.